The van der Waals surface area contributed by atoms with Crippen LogP contribution >= 0.6 is 23.1 Å². The number of amides is 1. The Balaban J connectivity index is 1.38. The van der Waals surface area contributed by atoms with Crippen LogP contribution in [0.15, 0.2) is 65.1 Å². The van der Waals surface area contributed by atoms with Crippen molar-refractivity contribution in [2.24, 2.45) is 0 Å². The number of rotatable bonds is 8. The average Bonchev–Trinajstić information content (AvgIpc) is 3.57. The number of ether oxygens (including phenoxy) is 3. The summed E-state index contributed by atoms with van der Waals surface area (Å²) in [6.45, 7) is 1.45. The highest BCUT2D eigenvalue weighted by Gasteiger charge is 2.22. The SMILES string of the molecule is COc1ccccc1-n1nnnc1SCC(=O)N(Cc1cccs1)c1ccc2c(c1)OCCO2. The van der Waals surface area contributed by atoms with E-state index in [1.165, 1.54) is 11.8 Å². The number of fused-ring (bicyclic) bond motifs is 1. The normalized spacial score (nSPS) is 12.4. The number of tetrazole rings is 1. The molecule has 174 valence electrons. The van der Waals surface area contributed by atoms with Crippen LogP contribution in [0.2, 0.25) is 0 Å². The number of nitrogens with zero attached hydrogens (tertiary/aromatic N) is 5. The summed E-state index contributed by atoms with van der Waals surface area (Å²) >= 11 is 2.87. The van der Waals surface area contributed by atoms with E-state index in [0.717, 1.165) is 10.6 Å². The third kappa shape index (κ3) is 4.70. The van der Waals surface area contributed by atoms with Crippen molar-refractivity contribution < 1.29 is 19.0 Å². The maximum atomic E-state index is 13.4. The second kappa shape index (κ2) is 10.1. The third-order valence-electron chi connectivity index (χ3n) is 5.11. The molecule has 11 heteroatoms. The van der Waals surface area contributed by atoms with Gasteiger partial charge in [0.25, 0.3) is 0 Å². The summed E-state index contributed by atoms with van der Waals surface area (Å²) < 4.78 is 18.4. The molecule has 2 aromatic carbocycles. The van der Waals surface area contributed by atoms with Crippen LogP contribution in [-0.2, 0) is 11.3 Å². The maximum Gasteiger partial charge on any atom is 0.237 e. The molecule has 0 atom stereocenters. The molecule has 34 heavy (non-hydrogen) atoms. The highest BCUT2D eigenvalue weighted by atomic mass is 32.2. The van der Waals surface area contributed by atoms with E-state index in [4.69, 9.17) is 14.2 Å². The Morgan fingerprint density at radius 2 is 2.00 bits per heavy atom. The summed E-state index contributed by atoms with van der Waals surface area (Å²) in [6.07, 6.45) is 0. The Morgan fingerprint density at radius 3 is 2.82 bits per heavy atom. The predicted octanol–water partition coefficient (Wildman–Crippen LogP) is 3.83. The number of hydrogen-bond acceptors (Lipinski definition) is 9. The van der Waals surface area contributed by atoms with Crippen LogP contribution in [-0.4, -0.2) is 52.2 Å². The van der Waals surface area contributed by atoms with Crippen LogP contribution < -0.4 is 19.1 Å². The van der Waals surface area contributed by atoms with E-state index in [-0.39, 0.29) is 11.7 Å². The highest BCUT2D eigenvalue weighted by molar-refractivity contribution is 7.99. The van der Waals surface area contributed by atoms with E-state index in [1.54, 1.807) is 28.0 Å². The molecule has 5 rings (SSSR count). The Morgan fingerprint density at radius 1 is 1.15 bits per heavy atom. The smallest absolute Gasteiger partial charge is 0.237 e. The van der Waals surface area contributed by atoms with E-state index in [1.807, 2.05) is 60.0 Å². The summed E-state index contributed by atoms with van der Waals surface area (Å²) in [5, 5.41) is 14.5. The summed E-state index contributed by atoms with van der Waals surface area (Å²) in [4.78, 5) is 16.3. The van der Waals surface area contributed by atoms with Crippen molar-refractivity contribution in [3.63, 3.8) is 0 Å². The van der Waals surface area contributed by atoms with Gasteiger partial charge in [-0.15, -0.1) is 16.4 Å². The van der Waals surface area contributed by atoms with Gasteiger partial charge in [0.15, 0.2) is 11.5 Å². The van der Waals surface area contributed by atoms with E-state index < -0.39 is 0 Å². The molecular weight excluding hydrogens is 474 g/mol. The molecule has 0 bridgehead atoms. The lowest BCUT2D eigenvalue weighted by Gasteiger charge is -2.25. The molecule has 3 heterocycles. The van der Waals surface area contributed by atoms with E-state index in [0.29, 0.717) is 47.9 Å². The van der Waals surface area contributed by atoms with Gasteiger partial charge in [0.1, 0.15) is 24.7 Å². The first kappa shape index (κ1) is 22.2. The molecule has 1 amide bonds. The molecule has 0 spiro atoms. The summed E-state index contributed by atoms with van der Waals surface area (Å²) in [6, 6.07) is 17.0. The monoisotopic (exact) mass is 495 g/mol. The zero-order valence-corrected chi connectivity index (χ0v) is 19.9. The number of benzene rings is 2. The highest BCUT2D eigenvalue weighted by Crippen LogP contribution is 2.35. The number of methoxy groups -OCH3 is 1. The van der Waals surface area contributed by atoms with Crippen molar-refractivity contribution in [3.05, 3.63) is 64.9 Å². The lowest BCUT2D eigenvalue weighted by atomic mass is 10.2. The number of thiophene rings is 1. The number of thioether (sulfide) groups is 1. The first-order valence-electron chi connectivity index (χ1n) is 10.5. The van der Waals surface area contributed by atoms with E-state index in [9.17, 15) is 4.79 Å². The lowest BCUT2D eigenvalue weighted by Crippen LogP contribution is -2.32. The minimum absolute atomic E-state index is 0.0790. The van der Waals surface area contributed by atoms with E-state index >= 15 is 0 Å². The largest absolute Gasteiger partial charge is 0.494 e. The van der Waals surface area contributed by atoms with Gasteiger partial charge in [0.05, 0.1) is 19.4 Å². The third-order valence-corrected chi connectivity index (χ3v) is 6.88. The van der Waals surface area contributed by atoms with Gasteiger partial charge >= 0.3 is 0 Å². The fraction of sp³-hybridized carbons (Fsp3) is 0.217. The molecule has 0 N–H and O–H groups in total. The molecule has 1 aliphatic heterocycles. The van der Waals surface area contributed by atoms with Gasteiger partial charge in [0, 0.05) is 16.6 Å². The van der Waals surface area contributed by atoms with Crippen molar-refractivity contribution in [3.8, 4) is 22.9 Å². The average molecular weight is 496 g/mol. The molecular formula is C23H21N5O4S2. The first-order valence-corrected chi connectivity index (χ1v) is 12.4. The fourth-order valence-corrected chi connectivity index (χ4v) is 4.96. The van der Waals surface area contributed by atoms with Crippen molar-refractivity contribution in [2.45, 2.75) is 11.7 Å². The first-order chi connectivity index (χ1) is 16.7. The van der Waals surface area contributed by atoms with Crippen LogP contribution in [0, 0.1) is 0 Å². The number of carbonyl (C=O) groups is 1. The Hall–Kier alpha value is -3.57. The molecule has 0 saturated carbocycles. The van der Waals surface area contributed by atoms with Crippen LogP contribution in [0.1, 0.15) is 4.88 Å². The second-order valence-electron chi connectivity index (χ2n) is 7.22. The van der Waals surface area contributed by atoms with Gasteiger partial charge in [-0.25, -0.2) is 0 Å². The quantitative estimate of drug-likeness (QED) is 0.341. The summed E-state index contributed by atoms with van der Waals surface area (Å²) in [5.74, 6) is 2.03. The number of anilines is 1. The van der Waals surface area contributed by atoms with Gasteiger partial charge in [-0.05, 0) is 46.1 Å². The zero-order chi connectivity index (χ0) is 23.3. The molecule has 0 aliphatic carbocycles. The van der Waals surface area contributed by atoms with Crippen molar-refractivity contribution in [1.29, 1.82) is 0 Å². The molecule has 0 radical (unpaired) electrons. The Bertz CT molecular complexity index is 1280. The molecule has 0 saturated heterocycles. The fourth-order valence-electron chi connectivity index (χ4n) is 3.51. The van der Waals surface area contributed by atoms with Crippen molar-refractivity contribution in [2.75, 3.05) is 31.0 Å². The van der Waals surface area contributed by atoms with E-state index in [2.05, 4.69) is 15.5 Å². The Kier molecular flexibility index (Phi) is 6.63. The van der Waals surface area contributed by atoms with Crippen LogP contribution in [0.3, 0.4) is 0 Å². The topological polar surface area (TPSA) is 91.6 Å². The number of aromatic nitrogens is 4. The van der Waals surface area contributed by atoms with Gasteiger partial charge in [-0.3, -0.25) is 4.79 Å². The molecule has 9 nitrogen and oxygen atoms in total. The molecule has 0 unspecified atom stereocenters. The zero-order valence-electron chi connectivity index (χ0n) is 18.3. The molecule has 2 aromatic heterocycles. The number of carbonyl (C=O) groups excluding carboxylic acids is 1. The molecule has 0 fully saturated rings. The van der Waals surface area contributed by atoms with Gasteiger partial charge in [0.2, 0.25) is 11.1 Å². The summed E-state index contributed by atoms with van der Waals surface area (Å²) in [5.41, 5.74) is 1.44. The molecule has 4 aromatic rings. The van der Waals surface area contributed by atoms with Crippen LogP contribution in [0.4, 0.5) is 5.69 Å². The maximum absolute atomic E-state index is 13.4. The van der Waals surface area contributed by atoms with Crippen molar-refractivity contribution >= 4 is 34.7 Å². The Labute approximate surface area is 204 Å². The van der Waals surface area contributed by atoms with Crippen LogP contribution in [0.25, 0.3) is 5.69 Å². The number of hydrogen-bond donors (Lipinski definition) is 0. The molecule has 1 aliphatic rings. The minimum atomic E-state index is -0.0790. The van der Waals surface area contributed by atoms with Gasteiger partial charge < -0.3 is 19.1 Å². The van der Waals surface area contributed by atoms with Crippen molar-refractivity contribution in [1.82, 2.24) is 20.2 Å². The lowest BCUT2D eigenvalue weighted by molar-refractivity contribution is -0.116. The van der Waals surface area contributed by atoms with Gasteiger partial charge in [-0.2, -0.15) is 4.68 Å². The number of para-hydroxylation sites is 2. The standard InChI is InChI=1S/C23H21N5O4S2/c1-30-19-7-3-2-6-18(19)28-23(24-25-26-28)34-15-22(29)27(14-17-5-4-12-33-17)16-8-9-20-21(13-16)32-11-10-31-20/h2-9,12-13H,10-11,14-15H2,1H3. The van der Waals surface area contributed by atoms with Gasteiger partial charge in [-0.1, -0.05) is 30.0 Å². The second-order valence-corrected chi connectivity index (χ2v) is 9.20. The predicted molar refractivity (Wildman–Crippen MR) is 129 cm³/mol. The minimum Gasteiger partial charge on any atom is -0.494 e. The van der Waals surface area contributed by atoms with Crippen LogP contribution in [0.5, 0.6) is 17.2 Å². The summed E-state index contributed by atoms with van der Waals surface area (Å²) in [7, 11) is 1.59.